The molecule has 2 aliphatic rings. The van der Waals surface area contributed by atoms with Crippen molar-refractivity contribution < 1.29 is 4.79 Å². The molecule has 86 valence electrons. The third-order valence-corrected chi connectivity index (χ3v) is 4.29. The van der Waals surface area contributed by atoms with Crippen molar-refractivity contribution in [2.75, 3.05) is 18.1 Å². The molecule has 2 unspecified atom stereocenters. The van der Waals surface area contributed by atoms with Gasteiger partial charge in [0, 0.05) is 6.04 Å². The van der Waals surface area contributed by atoms with Gasteiger partial charge in [0.05, 0.1) is 6.04 Å². The summed E-state index contributed by atoms with van der Waals surface area (Å²) in [6.45, 7) is 2.95. The van der Waals surface area contributed by atoms with Gasteiger partial charge in [0.25, 0.3) is 0 Å². The summed E-state index contributed by atoms with van der Waals surface area (Å²) in [7, 11) is 0. The van der Waals surface area contributed by atoms with Gasteiger partial charge >= 0.3 is 0 Å². The lowest BCUT2D eigenvalue weighted by Gasteiger charge is -2.16. The molecule has 0 radical (unpaired) electrons. The topological polar surface area (TPSA) is 41.1 Å². The van der Waals surface area contributed by atoms with E-state index in [1.165, 1.54) is 17.9 Å². The molecule has 2 fully saturated rings. The molecule has 1 saturated heterocycles. The zero-order valence-corrected chi connectivity index (χ0v) is 10.1. The number of nitrogens with one attached hydrogen (secondary N) is 2. The Labute approximate surface area is 95.8 Å². The van der Waals surface area contributed by atoms with Crippen LogP contribution < -0.4 is 10.6 Å². The molecule has 15 heavy (non-hydrogen) atoms. The Morgan fingerprint density at radius 2 is 2.27 bits per heavy atom. The Morgan fingerprint density at radius 1 is 1.47 bits per heavy atom. The summed E-state index contributed by atoms with van der Waals surface area (Å²) in [4.78, 5) is 11.6. The number of amides is 1. The van der Waals surface area contributed by atoms with Crippen LogP contribution in [0.5, 0.6) is 0 Å². The molecule has 2 rings (SSSR count). The third kappa shape index (κ3) is 3.68. The quantitative estimate of drug-likeness (QED) is 0.737. The summed E-state index contributed by atoms with van der Waals surface area (Å²) in [6, 6.07) is 0.444. The van der Waals surface area contributed by atoms with E-state index >= 15 is 0 Å². The van der Waals surface area contributed by atoms with Crippen molar-refractivity contribution >= 4 is 17.7 Å². The van der Waals surface area contributed by atoms with E-state index in [4.69, 9.17) is 0 Å². The van der Waals surface area contributed by atoms with Gasteiger partial charge in [-0.1, -0.05) is 0 Å². The molecule has 0 aromatic heterocycles. The van der Waals surface area contributed by atoms with Crippen LogP contribution in [0.2, 0.25) is 0 Å². The molecule has 2 N–H and O–H groups in total. The lowest BCUT2D eigenvalue weighted by atomic mass is 10.1. The highest BCUT2D eigenvalue weighted by Crippen LogP contribution is 2.22. The fourth-order valence-corrected chi connectivity index (χ4v) is 3.02. The van der Waals surface area contributed by atoms with Crippen molar-refractivity contribution in [2.45, 2.75) is 38.3 Å². The number of carbonyl (C=O) groups excluding carboxylic acids is 1. The number of hydrogen-bond donors (Lipinski definition) is 2. The Hall–Kier alpha value is -0.220. The maximum atomic E-state index is 11.6. The minimum absolute atomic E-state index is 0.0313. The van der Waals surface area contributed by atoms with Gasteiger partial charge in [-0.05, 0) is 50.2 Å². The van der Waals surface area contributed by atoms with Crippen molar-refractivity contribution in [3.8, 4) is 0 Å². The SMILES string of the molecule is CC(NCC1CCSC1)C(=O)NC1CC1. The first-order valence-corrected chi connectivity index (χ1v) is 7.02. The molecule has 1 heterocycles. The molecule has 0 bridgehead atoms. The molecule has 3 nitrogen and oxygen atoms in total. The van der Waals surface area contributed by atoms with Crippen LogP contribution in [0, 0.1) is 5.92 Å². The van der Waals surface area contributed by atoms with Crippen molar-refractivity contribution in [3.05, 3.63) is 0 Å². The normalized spacial score (nSPS) is 27.7. The highest BCUT2D eigenvalue weighted by atomic mass is 32.2. The first-order chi connectivity index (χ1) is 7.25. The van der Waals surface area contributed by atoms with Crippen molar-refractivity contribution in [1.82, 2.24) is 10.6 Å². The maximum Gasteiger partial charge on any atom is 0.237 e. The van der Waals surface area contributed by atoms with E-state index < -0.39 is 0 Å². The van der Waals surface area contributed by atoms with Crippen LogP contribution in [-0.2, 0) is 4.79 Å². The lowest BCUT2D eigenvalue weighted by molar-refractivity contribution is -0.122. The van der Waals surface area contributed by atoms with Gasteiger partial charge in [0.15, 0.2) is 0 Å². The predicted octanol–water partition coefficient (Wildman–Crippen LogP) is 0.996. The predicted molar refractivity (Wildman–Crippen MR) is 64.1 cm³/mol. The molecule has 1 saturated carbocycles. The second-order valence-corrected chi connectivity index (χ2v) is 5.79. The van der Waals surface area contributed by atoms with Crippen molar-refractivity contribution in [1.29, 1.82) is 0 Å². The van der Waals surface area contributed by atoms with Crippen LogP contribution in [0.15, 0.2) is 0 Å². The van der Waals surface area contributed by atoms with Crippen LogP contribution in [0.25, 0.3) is 0 Å². The highest BCUT2D eigenvalue weighted by molar-refractivity contribution is 7.99. The second-order valence-electron chi connectivity index (χ2n) is 4.64. The van der Waals surface area contributed by atoms with E-state index in [-0.39, 0.29) is 11.9 Å². The Bertz CT molecular complexity index is 225. The largest absolute Gasteiger partial charge is 0.352 e. The molecule has 1 amide bonds. The Balaban J connectivity index is 1.61. The standard InChI is InChI=1S/C11H20N2OS/c1-8(11(14)13-10-2-3-10)12-6-9-4-5-15-7-9/h8-10,12H,2-7H2,1H3,(H,13,14). The first kappa shape index (κ1) is 11.3. The smallest absolute Gasteiger partial charge is 0.237 e. The summed E-state index contributed by atoms with van der Waals surface area (Å²) in [6.07, 6.45) is 3.63. The van der Waals surface area contributed by atoms with Gasteiger partial charge in [0.1, 0.15) is 0 Å². The third-order valence-electron chi connectivity index (χ3n) is 3.05. The Kier molecular flexibility index (Phi) is 3.92. The zero-order chi connectivity index (χ0) is 10.7. The molecule has 4 heteroatoms. The number of hydrogen-bond acceptors (Lipinski definition) is 3. The molecule has 1 aliphatic carbocycles. The van der Waals surface area contributed by atoms with Crippen LogP contribution in [0.1, 0.15) is 26.2 Å². The number of rotatable bonds is 5. The average molecular weight is 228 g/mol. The zero-order valence-electron chi connectivity index (χ0n) is 9.29. The van der Waals surface area contributed by atoms with E-state index in [1.54, 1.807) is 0 Å². The van der Waals surface area contributed by atoms with Gasteiger partial charge in [-0.25, -0.2) is 0 Å². The average Bonchev–Trinajstić information content (AvgIpc) is 2.88. The van der Waals surface area contributed by atoms with Crippen molar-refractivity contribution in [2.24, 2.45) is 5.92 Å². The first-order valence-electron chi connectivity index (χ1n) is 5.87. The molecule has 0 aromatic carbocycles. The van der Waals surface area contributed by atoms with Crippen LogP contribution >= 0.6 is 11.8 Å². The fraction of sp³-hybridized carbons (Fsp3) is 0.909. The molecular formula is C11H20N2OS. The maximum absolute atomic E-state index is 11.6. The minimum Gasteiger partial charge on any atom is -0.352 e. The summed E-state index contributed by atoms with van der Waals surface area (Å²) in [5.74, 6) is 3.48. The molecule has 2 atom stereocenters. The van der Waals surface area contributed by atoms with E-state index in [2.05, 4.69) is 10.6 Å². The van der Waals surface area contributed by atoms with Gasteiger partial charge in [-0.15, -0.1) is 0 Å². The summed E-state index contributed by atoms with van der Waals surface area (Å²) >= 11 is 2.02. The minimum atomic E-state index is -0.0313. The molecule has 0 aromatic rings. The number of carbonyl (C=O) groups is 1. The van der Waals surface area contributed by atoms with E-state index in [0.717, 1.165) is 25.3 Å². The molecular weight excluding hydrogens is 208 g/mol. The summed E-state index contributed by atoms with van der Waals surface area (Å²) in [5, 5.41) is 6.35. The fourth-order valence-electron chi connectivity index (χ4n) is 1.73. The highest BCUT2D eigenvalue weighted by Gasteiger charge is 2.26. The molecule has 1 aliphatic heterocycles. The van der Waals surface area contributed by atoms with Gasteiger partial charge < -0.3 is 10.6 Å². The van der Waals surface area contributed by atoms with Crippen LogP contribution in [0.4, 0.5) is 0 Å². The van der Waals surface area contributed by atoms with Crippen LogP contribution in [-0.4, -0.2) is 36.0 Å². The molecule has 0 spiro atoms. The Morgan fingerprint density at radius 3 is 2.87 bits per heavy atom. The second kappa shape index (κ2) is 5.21. The van der Waals surface area contributed by atoms with E-state index in [9.17, 15) is 4.79 Å². The summed E-state index contributed by atoms with van der Waals surface area (Å²) < 4.78 is 0. The van der Waals surface area contributed by atoms with E-state index in [1.807, 2.05) is 18.7 Å². The van der Waals surface area contributed by atoms with Gasteiger partial charge in [-0.3, -0.25) is 4.79 Å². The van der Waals surface area contributed by atoms with Crippen molar-refractivity contribution in [3.63, 3.8) is 0 Å². The van der Waals surface area contributed by atoms with Crippen LogP contribution in [0.3, 0.4) is 0 Å². The lowest BCUT2D eigenvalue weighted by Crippen LogP contribution is -2.44. The number of thioether (sulfide) groups is 1. The van der Waals surface area contributed by atoms with E-state index in [0.29, 0.717) is 6.04 Å². The summed E-state index contributed by atoms with van der Waals surface area (Å²) in [5.41, 5.74) is 0. The van der Waals surface area contributed by atoms with Gasteiger partial charge in [-0.2, -0.15) is 11.8 Å². The van der Waals surface area contributed by atoms with Gasteiger partial charge in [0.2, 0.25) is 5.91 Å². The monoisotopic (exact) mass is 228 g/mol.